The molecule has 4 heteroatoms. The molecule has 0 atom stereocenters. The van der Waals surface area contributed by atoms with Gasteiger partial charge < -0.3 is 5.73 Å². The van der Waals surface area contributed by atoms with E-state index in [1.165, 1.54) is 6.07 Å². The first kappa shape index (κ1) is 8.95. The van der Waals surface area contributed by atoms with Gasteiger partial charge in [-0.3, -0.25) is 0 Å². The number of benzene rings is 1. The third kappa shape index (κ3) is 1.06. The first-order valence-corrected chi connectivity index (χ1v) is 4.26. The number of nitrogens with two attached hydrogens (primary N) is 1. The van der Waals surface area contributed by atoms with Gasteiger partial charge in [0.2, 0.25) is 0 Å². The summed E-state index contributed by atoms with van der Waals surface area (Å²) < 4.78 is 26.3. The molecular weight excluding hydrogens is 186 g/mol. The lowest BCUT2D eigenvalue weighted by atomic mass is 9.95. The van der Waals surface area contributed by atoms with Gasteiger partial charge in [-0.05, 0) is 25.0 Å². The number of rotatable bonds is 1. The van der Waals surface area contributed by atoms with Gasteiger partial charge in [0, 0.05) is 11.3 Å². The molecule has 2 rings (SSSR count). The average molecular weight is 194 g/mol. The van der Waals surface area contributed by atoms with Crippen LogP contribution in [-0.2, 0) is 5.41 Å². The van der Waals surface area contributed by atoms with Crippen LogP contribution in [0, 0.1) is 23.0 Å². The molecule has 1 aromatic rings. The average Bonchev–Trinajstić information content (AvgIpc) is 2.93. The summed E-state index contributed by atoms with van der Waals surface area (Å²) in [4.78, 5) is 0. The molecule has 14 heavy (non-hydrogen) atoms. The van der Waals surface area contributed by atoms with E-state index in [2.05, 4.69) is 0 Å². The predicted molar refractivity (Wildman–Crippen MR) is 47.3 cm³/mol. The number of hydrogen-bond acceptors (Lipinski definition) is 2. The predicted octanol–water partition coefficient (Wildman–Crippen LogP) is 2.10. The summed E-state index contributed by atoms with van der Waals surface area (Å²) in [7, 11) is 0. The van der Waals surface area contributed by atoms with E-state index in [4.69, 9.17) is 11.0 Å². The van der Waals surface area contributed by atoms with Crippen LogP contribution in [0.2, 0.25) is 0 Å². The molecule has 0 aromatic heterocycles. The molecule has 0 heterocycles. The topological polar surface area (TPSA) is 49.8 Å². The van der Waals surface area contributed by atoms with Crippen molar-refractivity contribution in [3.05, 3.63) is 29.3 Å². The van der Waals surface area contributed by atoms with Gasteiger partial charge in [0.1, 0.15) is 0 Å². The third-order valence-electron chi connectivity index (χ3n) is 2.57. The minimum Gasteiger partial charge on any atom is -0.398 e. The lowest BCUT2D eigenvalue weighted by Gasteiger charge is -2.11. The Labute approximate surface area is 79.9 Å². The van der Waals surface area contributed by atoms with Gasteiger partial charge in [-0.1, -0.05) is 0 Å². The fourth-order valence-electron chi connectivity index (χ4n) is 1.59. The third-order valence-corrected chi connectivity index (χ3v) is 2.57. The number of nitriles is 1. The van der Waals surface area contributed by atoms with Gasteiger partial charge >= 0.3 is 0 Å². The zero-order valence-corrected chi connectivity index (χ0v) is 7.35. The van der Waals surface area contributed by atoms with Crippen molar-refractivity contribution in [3.8, 4) is 6.07 Å². The monoisotopic (exact) mass is 194 g/mol. The quantitative estimate of drug-likeness (QED) is 0.696. The fourth-order valence-corrected chi connectivity index (χ4v) is 1.59. The number of nitrogen functional groups attached to an aromatic ring is 1. The maximum Gasteiger partial charge on any atom is 0.165 e. The van der Waals surface area contributed by atoms with Gasteiger partial charge in [0.05, 0.1) is 11.5 Å². The van der Waals surface area contributed by atoms with E-state index >= 15 is 0 Å². The summed E-state index contributed by atoms with van der Waals surface area (Å²) in [6.45, 7) is 0. The summed E-state index contributed by atoms with van der Waals surface area (Å²) in [6, 6.07) is 4.26. The Balaban J connectivity index is 2.64. The molecule has 2 nitrogen and oxygen atoms in total. The smallest absolute Gasteiger partial charge is 0.165 e. The van der Waals surface area contributed by atoms with Crippen LogP contribution in [0.5, 0.6) is 0 Å². The van der Waals surface area contributed by atoms with Gasteiger partial charge in [0.25, 0.3) is 0 Å². The lowest BCUT2D eigenvalue weighted by molar-refractivity contribution is 0.495. The largest absolute Gasteiger partial charge is 0.398 e. The number of halogens is 2. The molecule has 0 spiro atoms. The van der Waals surface area contributed by atoms with Gasteiger partial charge in [-0.15, -0.1) is 0 Å². The second kappa shape index (κ2) is 2.68. The van der Waals surface area contributed by atoms with Gasteiger partial charge in [-0.2, -0.15) is 5.26 Å². The van der Waals surface area contributed by atoms with Gasteiger partial charge in [0.15, 0.2) is 11.6 Å². The molecule has 0 amide bonds. The van der Waals surface area contributed by atoms with E-state index in [0.29, 0.717) is 12.8 Å². The van der Waals surface area contributed by atoms with Crippen molar-refractivity contribution < 1.29 is 8.78 Å². The molecule has 0 aliphatic heterocycles. The maximum atomic E-state index is 13.4. The molecule has 1 aliphatic rings. The Kier molecular flexibility index (Phi) is 1.71. The normalized spacial score (nSPS) is 17.5. The van der Waals surface area contributed by atoms with Crippen molar-refractivity contribution in [2.45, 2.75) is 18.3 Å². The van der Waals surface area contributed by atoms with Crippen molar-refractivity contribution in [2.75, 3.05) is 5.73 Å². The second-order valence-electron chi connectivity index (χ2n) is 3.52. The van der Waals surface area contributed by atoms with Crippen molar-refractivity contribution >= 4 is 5.69 Å². The van der Waals surface area contributed by atoms with E-state index in [1.54, 1.807) is 0 Å². The van der Waals surface area contributed by atoms with E-state index in [1.807, 2.05) is 6.07 Å². The molecule has 72 valence electrons. The highest BCUT2D eigenvalue weighted by Crippen LogP contribution is 2.50. The molecule has 2 N–H and O–H groups in total. The molecule has 1 aromatic carbocycles. The minimum atomic E-state index is -0.982. The Morgan fingerprint density at radius 1 is 1.36 bits per heavy atom. The number of hydrogen-bond donors (Lipinski definition) is 1. The van der Waals surface area contributed by atoms with Crippen LogP contribution < -0.4 is 5.73 Å². The molecule has 1 saturated carbocycles. The van der Waals surface area contributed by atoms with Crippen molar-refractivity contribution in [2.24, 2.45) is 0 Å². The molecule has 0 saturated heterocycles. The Morgan fingerprint density at radius 2 is 2.00 bits per heavy atom. The van der Waals surface area contributed by atoms with Crippen molar-refractivity contribution in [1.29, 1.82) is 5.26 Å². The van der Waals surface area contributed by atoms with E-state index in [9.17, 15) is 8.78 Å². The molecule has 0 bridgehead atoms. The molecular formula is C10H8F2N2. The van der Waals surface area contributed by atoms with E-state index < -0.39 is 17.0 Å². The lowest BCUT2D eigenvalue weighted by Crippen LogP contribution is -2.11. The Hall–Kier alpha value is -1.63. The van der Waals surface area contributed by atoms with Crippen molar-refractivity contribution in [1.82, 2.24) is 0 Å². The molecule has 0 radical (unpaired) electrons. The Morgan fingerprint density at radius 3 is 2.50 bits per heavy atom. The first-order chi connectivity index (χ1) is 6.60. The second-order valence-corrected chi connectivity index (χ2v) is 3.52. The Bertz CT molecular complexity index is 430. The highest BCUT2D eigenvalue weighted by atomic mass is 19.2. The summed E-state index contributed by atoms with van der Waals surface area (Å²) in [5.41, 5.74) is 4.84. The summed E-state index contributed by atoms with van der Waals surface area (Å²) in [6.07, 6.45) is 1.10. The standard InChI is InChI=1S/C10H8F2N2/c11-6-1-2-7(14)8(9(6)12)10(5-13)3-4-10/h1-2H,3-4,14H2. The zero-order chi connectivity index (χ0) is 10.3. The number of nitrogens with zero attached hydrogens (tertiary/aromatic N) is 1. The zero-order valence-electron chi connectivity index (χ0n) is 7.35. The van der Waals surface area contributed by atoms with Crippen molar-refractivity contribution in [3.63, 3.8) is 0 Å². The van der Waals surface area contributed by atoms with Crippen LogP contribution in [-0.4, -0.2) is 0 Å². The van der Waals surface area contributed by atoms with Crippen LogP contribution in [0.3, 0.4) is 0 Å². The van der Waals surface area contributed by atoms with Crippen LogP contribution in [0.15, 0.2) is 12.1 Å². The first-order valence-electron chi connectivity index (χ1n) is 4.26. The fraction of sp³-hybridized carbons (Fsp3) is 0.300. The van der Waals surface area contributed by atoms with Crippen LogP contribution in [0.25, 0.3) is 0 Å². The van der Waals surface area contributed by atoms with Crippen LogP contribution >= 0.6 is 0 Å². The van der Waals surface area contributed by atoms with Crippen LogP contribution in [0.1, 0.15) is 18.4 Å². The minimum absolute atomic E-state index is 0.0278. The SMILES string of the molecule is N#CC1(c2c(N)ccc(F)c2F)CC1. The molecule has 0 unspecified atom stereocenters. The van der Waals surface area contributed by atoms with Crippen LogP contribution in [0.4, 0.5) is 14.5 Å². The van der Waals surface area contributed by atoms with E-state index in [0.717, 1.165) is 6.07 Å². The molecule has 1 aliphatic carbocycles. The molecule has 1 fully saturated rings. The highest BCUT2D eigenvalue weighted by molar-refractivity contribution is 5.57. The summed E-state index contributed by atoms with van der Waals surface area (Å²) in [5.74, 6) is -1.93. The van der Waals surface area contributed by atoms with E-state index in [-0.39, 0.29) is 11.3 Å². The highest BCUT2D eigenvalue weighted by Gasteiger charge is 2.48. The summed E-state index contributed by atoms with van der Waals surface area (Å²) >= 11 is 0. The maximum absolute atomic E-state index is 13.4. The number of anilines is 1. The summed E-state index contributed by atoms with van der Waals surface area (Å²) in [5, 5.41) is 8.86. The van der Waals surface area contributed by atoms with Gasteiger partial charge in [-0.25, -0.2) is 8.78 Å².